The molecule has 1 aromatic carbocycles. The van der Waals surface area contributed by atoms with Crippen LogP contribution >= 0.6 is 0 Å². The lowest BCUT2D eigenvalue weighted by Crippen LogP contribution is -2.21. The normalized spacial score (nSPS) is 12.7. The molecule has 0 aliphatic rings. The van der Waals surface area contributed by atoms with Gasteiger partial charge in [-0.2, -0.15) is 0 Å². The Labute approximate surface area is 109 Å². The Morgan fingerprint density at radius 1 is 1.28 bits per heavy atom. The molecule has 0 bridgehead atoms. The Hall–Kier alpha value is -1.83. The highest BCUT2D eigenvalue weighted by Crippen LogP contribution is 2.13. The Morgan fingerprint density at radius 2 is 1.89 bits per heavy atom. The maximum absolute atomic E-state index is 11.5. The molecule has 0 aliphatic heterocycles. The minimum Gasteiger partial charge on any atom is -0.455 e. The van der Waals surface area contributed by atoms with E-state index in [0.29, 0.717) is 5.57 Å². The SMILES string of the molecule is C=C(C)C(=O)OC(/C=C/c1ccccc1)C(C)C. The molecule has 2 heteroatoms. The Kier molecular flexibility index (Phi) is 5.37. The molecule has 96 valence electrons. The van der Waals surface area contributed by atoms with Crippen molar-refractivity contribution >= 4 is 12.0 Å². The van der Waals surface area contributed by atoms with Crippen LogP contribution in [-0.4, -0.2) is 12.1 Å². The second-order valence-corrected chi connectivity index (χ2v) is 4.66. The standard InChI is InChI=1S/C16H20O2/c1-12(2)15(18-16(17)13(3)4)11-10-14-8-6-5-7-9-14/h5-12,15H,3H2,1-2,4H3/b11-10+. The molecule has 0 radical (unpaired) electrons. The van der Waals surface area contributed by atoms with E-state index in [1.807, 2.05) is 56.3 Å². The fourth-order valence-corrected chi connectivity index (χ4v) is 1.39. The largest absolute Gasteiger partial charge is 0.455 e. The van der Waals surface area contributed by atoms with Crippen LogP contribution in [0.25, 0.3) is 6.08 Å². The first-order valence-electron chi connectivity index (χ1n) is 6.10. The number of hydrogen-bond acceptors (Lipinski definition) is 2. The summed E-state index contributed by atoms with van der Waals surface area (Å²) in [5.41, 5.74) is 1.52. The van der Waals surface area contributed by atoms with Crippen LogP contribution in [0.5, 0.6) is 0 Å². The van der Waals surface area contributed by atoms with Crippen molar-refractivity contribution in [3.05, 3.63) is 54.1 Å². The quantitative estimate of drug-likeness (QED) is 0.581. The minimum atomic E-state index is -0.341. The Bertz CT molecular complexity index is 430. The summed E-state index contributed by atoms with van der Waals surface area (Å²) in [4.78, 5) is 11.5. The van der Waals surface area contributed by atoms with E-state index in [4.69, 9.17) is 4.74 Å². The molecule has 0 aromatic heterocycles. The predicted octanol–water partition coefficient (Wildman–Crippen LogP) is 3.84. The molecule has 0 saturated carbocycles. The van der Waals surface area contributed by atoms with Crippen LogP contribution in [0, 0.1) is 5.92 Å². The zero-order valence-electron chi connectivity index (χ0n) is 11.2. The van der Waals surface area contributed by atoms with Gasteiger partial charge in [-0.25, -0.2) is 4.79 Å². The second kappa shape index (κ2) is 6.80. The van der Waals surface area contributed by atoms with Gasteiger partial charge < -0.3 is 4.74 Å². The fraction of sp³-hybridized carbons (Fsp3) is 0.312. The highest BCUT2D eigenvalue weighted by atomic mass is 16.5. The summed E-state index contributed by atoms with van der Waals surface area (Å²) in [5, 5.41) is 0. The van der Waals surface area contributed by atoms with Gasteiger partial charge in [-0.1, -0.05) is 56.8 Å². The Balaban J connectivity index is 2.72. The van der Waals surface area contributed by atoms with Crippen LogP contribution in [0.3, 0.4) is 0 Å². The van der Waals surface area contributed by atoms with Crippen molar-refractivity contribution in [2.45, 2.75) is 26.9 Å². The van der Waals surface area contributed by atoms with Gasteiger partial charge in [0.25, 0.3) is 0 Å². The van der Waals surface area contributed by atoms with Gasteiger partial charge in [0.2, 0.25) is 0 Å². The monoisotopic (exact) mass is 244 g/mol. The highest BCUT2D eigenvalue weighted by Gasteiger charge is 2.15. The topological polar surface area (TPSA) is 26.3 Å². The molecule has 0 heterocycles. The number of carbonyl (C=O) groups is 1. The molecule has 1 rings (SSSR count). The van der Waals surface area contributed by atoms with Crippen molar-refractivity contribution in [1.82, 2.24) is 0 Å². The van der Waals surface area contributed by atoms with Crippen molar-refractivity contribution in [1.29, 1.82) is 0 Å². The molecule has 1 aromatic rings. The minimum absolute atomic E-state index is 0.227. The van der Waals surface area contributed by atoms with Crippen molar-refractivity contribution in [2.24, 2.45) is 5.92 Å². The average Bonchev–Trinajstić information content (AvgIpc) is 2.34. The maximum atomic E-state index is 11.5. The van der Waals surface area contributed by atoms with Gasteiger partial charge >= 0.3 is 5.97 Å². The zero-order valence-corrected chi connectivity index (χ0v) is 11.2. The number of rotatable bonds is 5. The molecular weight excluding hydrogens is 224 g/mol. The van der Waals surface area contributed by atoms with Gasteiger partial charge in [0.15, 0.2) is 0 Å². The van der Waals surface area contributed by atoms with E-state index in [2.05, 4.69) is 6.58 Å². The number of esters is 1. The van der Waals surface area contributed by atoms with E-state index in [9.17, 15) is 4.79 Å². The summed E-state index contributed by atoms with van der Waals surface area (Å²) in [6, 6.07) is 9.94. The van der Waals surface area contributed by atoms with E-state index in [1.54, 1.807) is 6.92 Å². The molecule has 0 saturated heterocycles. The van der Waals surface area contributed by atoms with Gasteiger partial charge in [0, 0.05) is 5.57 Å². The lowest BCUT2D eigenvalue weighted by atomic mass is 10.1. The maximum Gasteiger partial charge on any atom is 0.333 e. The smallest absolute Gasteiger partial charge is 0.333 e. The van der Waals surface area contributed by atoms with Crippen molar-refractivity contribution in [3.8, 4) is 0 Å². The summed E-state index contributed by atoms with van der Waals surface area (Å²) in [7, 11) is 0. The summed E-state index contributed by atoms with van der Waals surface area (Å²) >= 11 is 0. The van der Waals surface area contributed by atoms with Crippen LogP contribution in [0.4, 0.5) is 0 Å². The first-order valence-corrected chi connectivity index (χ1v) is 6.10. The molecule has 1 unspecified atom stereocenters. The third kappa shape index (κ3) is 4.58. The molecular formula is C16H20O2. The molecule has 0 fully saturated rings. The molecule has 0 N–H and O–H groups in total. The summed E-state index contributed by atoms with van der Waals surface area (Å²) in [6.07, 6.45) is 3.66. The fourth-order valence-electron chi connectivity index (χ4n) is 1.39. The highest BCUT2D eigenvalue weighted by molar-refractivity contribution is 5.87. The zero-order chi connectivity index (χ0) is 13.5. The van der Waals surface area contributed by atoms with E-state index in [0.717, 1.165) is 5.56 Å². The molecule has 0 spiro atoms. The van der Waals surface area contributed by atoms with E-state index < -0.39 is 0 Å². The van der Waals surface area contributed by atoms with Crippen LogP contribution < -0.4 is 0 Å². The lowest BCUT2D eigenvalue weighted by Gasteiger charge is -2.17. The lowest BCUT2D eigenvalue weighted by molar-refractivity contribution is -0.143. The predicted molar refractivity (Wildman–Crippen MR) is 75.0 cm³/mol. The number of hydrogen-bond donors (Lipinski definition) is 0. The van der Waals surface area contributed by atoms with Crippen molar-refractivity contribution < 1.29 is 9.53 Å². The molecule has 0 amide bonds. The van der Waals surface area contributed by atoms with Crippen molar-refractivity contribution in [3.63, 3.8) is 0 Å². The average molecular weight is 244 g/mol. The number of carbonyl (C=O) groups excluding carboxylic acids is 1. The second-order valence-electron chi connectivity index (χ2n) is 4.66. The van der Waals surface area contributed by atoms with Gasteiger partial charge in [0.1, 0.15) is 6.10 Å². The number of benzene rings is 1. The van der Waals surface area contributed by atoms with Gasteiger partial charge in [-0.3, -0.25) is 0 Å². The summed E-state index contributed by atoms with van der Waals surface area (Å²) in [5.74, 6) is -0.111. The van der Waals surface area contributed by atoms with Gasteiger partial charge in [-0.15, -0.1) is 0 Å². The first kappa shape index (κ1) is 14.2. The van der Waals surface area contributed by atoms with Crippen LogP contribution in [0.1, 0.15) is 26.3 Å². The van der Waals surface area contributed by atoms with E-state index in [-0.39, 0.29) is 18.0 Å². The van der Waals surface area contributed by atoms with E-state index >= 15 is 0 Å². The molecule has 2 nitrogen and oxygen atoms in total. The van der Waals surface area contributed by atoms with Crippen LogP contribution in [0.2, 0.25) is 0 Å². The van der Waals surface area contributed by atoms with Gasteiger partial charge in [0.05, 0.1) is 0 Å². The van der Waals surface area contributed by atoms with Crippen LogP contribution in [0.15, 0.2) is 48.6 Å². The third-order valence-corrected chi connectivity index (χ3v) is 2.53. The molecule has 1 atom stereocenters. The Morgan fingerprint density at radius 3 is 2.39 bits per heavy atom. The van der Waals surface area contributed by atoms with E-state index in [1.165, 1.54) is 0 Å². The van der Waals surface area contributed by atoms with Crippen molar-refractivity contribution in [2.75, 3.05) is 0 Å². The summed E-state index contributed by atoms with van der Waals surface area (Å²) in [6.45, 7) is 9.28. The van der Waals surface area contributed by atoms with Crippen LogP contribution in [-0.2, 0) is 9.53 Å². The first-order chi connectivity index (χ1) is 8.50. The van der Waals surface area contributed by atoms with Gasteiger partial charge in [-0.05, 0) is 24.5 Å². The third-order valence-electron chi connectivity index (χ3n) is 2.53. The number of ether oxygens (including phenoxy) is 1. The molecule has 18 heavy (non-hydrogen) atoms. The summed E-state index contributed by atoms with van der Waals surface area (Å²) < 4.78 is 5.37. The molecule has 0 aliphatic carbocycles.